The molecule has 2 nitrogen and oxygen atoms in total. The minimum absolute atomic E-state index is 0.0695. The first-order chi connectivity index (χ1) is 14.5. The molecule has 1 aliphatic rings. The maximum atomic E-state index is 8.86. The van der Waals surface area contributed by atoms with Crippen LogP contribution in [0.1, 0.15) is 23.4 Å². The van der Waals surface area contributed by atoms with Gasteiger partial charge in [-0.3, -0.25) is 0 Å². The Morgan fingerprint density at radius 2 is 2.05 bits per heavy atom. The monoisotopic (exact) mass is 296 g/mol. The lowest BCUT2D eigenvalue weighted by Gasteiger charge is -2.36. The average molecular weight is 297 g/mol. The summed E-state index contributed by atoms with van der Waals surface area (Å²) in [5, 5.41) is 0. The van der Waals surface area contributed by atoms with Crippen molar-refractivity contribution in [2.45, 2.75) is 22.8 Å². The molecule has 0 bridgehead atoms. The molecule has 1 unspecified atom stereocenters. The van der Waals surface area contributed by atoms with Gasteiger partial charge in [-0.25, -0.2) is 0 Å². The summed E-state index contributed by atoms with van der Waals surface area (Å²) in [7, 11) is 0. The van der Waals surface area contributed by atoms with Crippen molar-refractivity contribution < 1.29 is 16.4 Å². The lowest BCUT2D eigenvalue weighted by atomic mass is 10.2. The lowest BCUT2D eigenvalue weighted by Crippen LogP contribution is -2.37. The second-order valence-electron chi connectivity index (χ2n) is 4.26. The van der Waals surface area contributed by atoms with Gasteiger partial charge in [0.05, 0.1) is 19.6 Å². The molecule has 20 heavy (non-hydrogen) atoms. The van der Waals surface area contributed by atoms with E-state index in [0.29, 0.717) is 4.90 Å². The molecule has 0 saturated heterocycles. The van der Waals surface area contributed by atoms with E-state index in [1.165, 1.54) is 6.07 Å². The van der Waals surface area contributed by atoms with Gasteiger partial charge < -0.3 is 9.80 Å². The van der Waals surface area contributed by atoms with Gasteiger partial charge >= 0.3 is 0 Å². The molecule has 2 aromatic carbocycles. The van der Waals surface area contributed by atoms with Crippen LogP contribution in [0, 0.1) is 0 Å². The first-order valence-corrected chi connectivity index (χ1v) is 6.79. The van der Waals surface area contributed by atoms with Crippen LogP contribution in [0.2, 0.25) is 0 Å². The van der Waals surface area contributed by atoms with E-state index in [0.717, 1.165) is 23.6 Å². The van der Waals surface area contributed by atoms with Crippen LogP contribution in [0.5, 0.6) is 0 Å². The normalized spacial score (nSPS) is 25.6. The van der Waals surface area contributed by atoms with Crippen molar-refractivity contribution in [2.24, 2.45) is 0 Å². The zero-order valence-electron chi connectivity index (χ0n) is 22.7. The van der Waals surface area contributed by atoms with Gasteiger partial charge in [-0.15, -0.1) is 0 Å². The molecular weight excluding hydrogens is 264 g/mol. The average Bonchev–Trinajstić information content (AvgIpc) is 2.66. The third-order valence-corrected chi connectivity index (χ3v) is 3.94. The highest BCUT2D eigenvalue weighted by Gasteiger charge is 2.24. The Morgan fingerprint density at radius 3 is 2.90 bits per heavy atom. The summed E-state index contributed by atoms with van der Waals surface area (Å²) >= 11 is 1.04. The largest absolute Gasteiger partial charge is 0.338 e. The molecule has 1 atom stereocenters. The van der Waals surface area contributed by atoms with Crippen LogP contribution in [0.15, 0.2) is 58.2 Å². The fourth-order valence-corrected chi connectivity index (χ4v) is 2.83. The maximum absolute atomic E-state index is 8.86. The Labute approximate surface area is 142 Å². The molecule has 0 aromatic heterocycles. The minimum Gasteiger partial charge on any atom is -0.338 e. The maximum Gasteiger partial charge on any atom is 0.0645 e. The number of likely N-dealkylation sites (N-methyl/N-ethyl adjacent to an activating group) is 1. The molecule has 0 spiro atoms. The summed E-state index contributed by atoms with van der Waals surface area (Å²) in [6.07, 6.45) is 0. The third-order valence-electron chi connectivity index (χ3n) is 2.88. The highest BCUT2D eigenvalue weighted by atomic mass is 32.2. The van der Waals surface area contributed by atoms with Gasteiger partial charge in [-0.2, -0.15) is 0 Å². The van der Waals surface area contributed by atoms with Gasteiger partial charge in [-0.05, 0) is 45.1 Å². The molecule has 104 valence electrons. The summed E-state index contributed by atoms with van der Waals surface area (Å²) in [4.78, 5) is 1.67. The van der Waals surface area contributed by atoms with Crippen molar-refractivity contribution >= 4 is 23.1 Å². The van der Waals surface area contributed by atoms with E-state index in [1.54, 1.807) is 18.2 Å². The first-order valence-electron chi connectivity index (χ1n) is 12.0. The quantitative estimate of drug-likeness (QED) is 0.836. The molecule has 1 aliphatic heterocycles. The zero-order valence-corrected chi connectivity index (χ0v) is 11.5. The highest BCUT2D eigenvalue weighted by molar-refractivity contribution is 7.99. The van der Waals surface area contributed by atoms with Crippen molar-refractivity contribution in [3.05, 3.63) is 48.4 Å². The van der Waals surface area contributed by atoms with Gasteiger partial charge in [0, 0.05) is 30.6 Å². The number of nitrogens with zero attached hydrogens (tertiary/aromatic N) is 2. The van der Waals surface area contributed by atoms with Crippen LogP contribution in [-0.2, 0) is 0 Å². The van der Waals surface area contributed by atoms with Gasteiger partial charge in [0.1, 0.15) is 0 Å². The van der Waals surface area contributed by atoms with Crippen LogP contribution >= 0.6 is 11.8 Å². The molecule has 3 heteroatoms. The molecule has 0 N–H and O–H groups in total. The molecule has 0 aliphatic carbocycles. The predicted octanol–water partition coefficient (Wildman–Crippen LogP) is 4.24. The summed E-state index contributed by atoms with van der Waals surface area (Å²) in [5.41, 5.74) is 0.0653. The number of hydrogen-bond donors (Lipinski definition) is 0. The van der Waals surface area contributed by atoms with Crippen molar-refractivity contribution in [1.29, 1.82) is 0 Å². The van der Waals surface area contributed by atoms with E-state index < -0.39 is 44.6 Å². The fraction of sp³-hybridized carbons (Fsp3) is 0.294. The Morgan fingerprint density at radius 1 is 1.25 bits per heavy atom. The Kier molecular flexibility index (Phi) is 1.48. The Balaban J connectivity index is 2.32. The number of benzene rings is 2. The molecule has 2 aromatic rings. The number of anilines is 2. The lowest BCUT2D eigenvalue weighted by molar-refractivity contribution is 0.319. The summed E-state index contributed by atoms with van der Waals surface area (Å²) < 4.78 is 96.5. The second kappa shape index (κ2) is 5.51. The molecule has 3 rings (SSSR count). The SMILES string of the molecule is [2H]c1c([2H])c([2H])c2c(c1[2H])Sc1ccccc1N2C([2H])([2H])C(C)N(C([2H])([2H])[2H])C([2H])([2H])[2H]. The van der Waals surface area contributed by atoms with E-state index in [9.17, 15) is 0 Å². The molecule has 0 amide bonds. The van der Waals surface area contributed by atoms with E-state index in [2.05, 4.69) is 0 Å². The van der Waals surface area contributed by atoms with Crippen LogP contribution in [-0.4, -0.2) is 31.4 Å². The summed E-state index contributed by atoms with van der Waals surface area (Å²) in [6.45, 7) is -7.87. The minimum atomic E-state index is -3.15. The number of rotatable bonds is 3. The van der Waals surface area contributed by atoms with Crippen LogP contribution in [0.25, 0.3) is 0 Å². The van der Waals surface area contributed by atoms with E-state index >= 15 is 0 Å². The Bertz CT molecular complexity index is 1040. The summed E-state index contributed by atoms with van der Waals surface area (Å²) in [5.74, 6) is 0. The van der Waals surface area contributed by atoms with Gasteiger partial charge in [-0.1, -0.05) is 36.0 Å². The highest BCUT2D eigenvalue weighted by Crippen LogP contribution is 2.47. The number of fused-ring (bicyclic) bond motifs is 2. The van der Waals surface area contributed by atoms with Crippen molar-refractivity contribution in [3.63, 3.8) is 0 Å². The van der Waals surface area contributed by atoms with Crippen molar-refractivity contribution in [3.8, 4) is 0 Å². The van der Waals surface area contributed by atoms with E-state index in [4.69, 9.17) is 16.4 Å². The molecule has 0 fully saturated rings. The second-order valence-corrected chi connectivity index (χ2v) is 5.31. The van der Waals surface area contributed by atoms with E-state index in [-0.39, 0.29) is 27.2 Å². The van der Waals surface area contributed by atoms with Gasteiger partial charge in [0.15, 0.2) is 0 Å². The molecule has 0 saturated carbocycles. The van der Waals surface area contributed by atoms with Crippen molar-refractivity contribution in [2.75, 3.05) is 25.3 Å². The van der Waals surface area contributed by atoms with E-state index in [1.807, 2.05) is 0 Å². The van der Waals surface area contributed by atoms with Gasteiger partial charge in [0.25, 0.3) is 0 Å². The fourth-order valence-electron chi connectivity index (χ4n) is 1.86. The molecule has 0 radical (unpaired) electrons. The summed E-state index contributed by atoms with van der Waals surface area (Å²) in [6, 6.07) is 2.80. The standard InChI is InChI=1S/C17H20N2S/c1-13(18(2)3)12-19-14-8-4-6-10-16(14)20-17-11-7-5-9-15(17)19/h4-11,13H,12H2,1-3H3/i2D3,3D3,4D,6D,8D,10D,12D2. The molecular formula is C17H20N2S. The van der Waals surface area contributed by atoms with Crippen molar-refractivity contribution in [1.82, 2.24) is 4.90 Å². The Hall–Kier alpha value is -1.45. The third kappa shape index (κ3) is 2.43. The van der Waals surface area contributed by atoms with Gasteiger partial charge in [0.2, 0.25) is 0 Å². The van der Waals surface area contributed by atoms with Crippen LogP contribution in [0.4, 0.5) is 11.4 Å². The van der Waals surface area contributed by atoms with Crippen LogP contribution < -0.4 is 4.90 Å². The topological polar surface area (TPSA) is 6.48 Å². The van der Waals surface area contributed by atoms with Crippen LogP contribution in [0.3, 0.4) is 0 Å². The predicted molar refractivity (Wildman–Crippen MR) is 87.2 cm³/mol. The molecule has 1 heterocycles. The number of para-hydroxylation sites is 2. The smallest absolute Gasteiger partial charge is 0.0645 e. The zero-order chi connectivity index (χ0) is 24.4. The number of hydrogen-bond acceptors (Lipinski definition) is 3. The first kappa shape index (κ1) is 5.39.